The molecule has 0 saturated heterocycles. The van der Waals surface area contributed by atoms with E-state index in [2.05, 4.69) is 141 Å². The maximum absolute atomic E-state index is 9.77. The minimum absolute atomic E-state index is 0. The maximum atomic E-state index is 9.77. The maximum Gasteiger partial charge on any atom is 0.335 e. The first-order valence-corrected chi connectivity index (χ1v) is 18.8. The van der Waals surface area contributed by atoms with Crippen molar-refractivity contribution < 1.29 is 30.0 Å². The van der Waals surface area contributed by atoms with Crippen molar-refractivity contribution in [3.8, 4) is 0 Å². The lowest BCUT2D eigenvalue weighted by Crippen LogP contribution is -2.39. The molecule has 3 unspecified atom stereocenters. The fourth-order valence-corrected chi connectivity index (χ4v) is 8.13. The molecule has 53 heavy (non-hydrogen) atoms. The van der Waals surface area contributed by atoms with Crippen LogP contribution in [0.25, 0.3) is 5.57 Å². The zero-order valence-electron chi connectivity index (χ0n) is 30.3. The van der Waals surface area contributed by atoms with Crippen molar-refractivity contribution in [3.63, 3.8) is 0 Å². The van der Waals surface area contributed by atoms with Crippen LogP contribution in [-0.4, -0.2) is 102 Å². The van der Waals surface area contributed by atoms with Crippen LogP contribution in [0.2, 0.25) is 5.02 Å². The van der Waals surface area contributed by atoms with Crippen molar-refractivity contribution in [2.75, 3.05) is 52.7 Å². The van der Waals surface area contributed by atoms with Crippen molar-refractivity contribution in [1.82, 2.24) is 9.80 Å². The molecule has 6 rings (SSSR count). The molecule has 2 aliphatic heterocycles. The van der Waals surface area contributed by atoms with Gasteiger partial charge in [-0.15, -0.1) is 12.4 Å². The summed E-state index contributed by atoms with van der Waals surface area (Å²) in [6, 6.07) is 32.2. The van der Waals surface area contributed by atoms with Crippen molar-refractivity contribution in [3.05, 3.63) is 113 Å². The Morgan fingerprint density at radius 2 is 1.23 bits per heavy atom. The largest absolute Gasteiger partial charge is 0.479 e. The van der Waals surface area contributed by atoms with Crippen molar-refractivity contribution in [2.24, 2.45) is 5.92 Å². The van der Waals surface area contributed by atoms with Gasteiger partial charge in [-0.05, 0) is 106 Å². The number of aliphatic carboxylic acids is 2. The van der Waals surface area contributed by atoms with Gasteiger partial charge in [-0.2, -0.15) is 0 Å². The number of benzene rings is 4. The third kappa shape index (κ3) is 12.2. The summed E-state index contributed by atoms with van der Waals surface area (Å²) in [7, 11) is 8.50. The summed E-state index contributed by atoms with van der Waals surface area (Å²) in [5.41, 5.74) is 6.56. The Kier molecular flexibility index (Phi) is 17.2. The Morgan fingerprint density at radius 1 is 0.736 bits per heavy atom. The number of anilines is 2. The lowest BCUT2D eigenvalue weighted by molar-refractivity contribution is -0.165. The number of halogens is 2. The average molecular weight is 801 g/mol. The monoisotopic (exact) mass is 799 g/mol. The third-order valence-corrected chi connectivity index (χ3v) is 10.6. The number of carboxylic acids is 2. The van der Waals surface area contributed by atoms with Crippen LogP contribution >= 0.6 is 47.5 Å². The van der Waals surface area contributed by atoms with Gasteiger partial charge >= 0.3 is 11.9 Å². The number of aliphatic hydroxyl groups is 2. The number of carbonyl (C=O) groups is 2. The minimum Gasteiger partial charge on any atom is -0.479 e. The standard InChI is InChI=1S/C18H18ClNS.C18H22N2S.C4H6O6.ClH/c1-20(2)11-5-7-14-15-6-3-4-8-17(15)21-18-10-9-13(19)12-16(14)18;1-14(12-19(2)3)13-20-15-8-4-6-10-17(15)21-18-11-7-5-9-16(18)20;5-1(3(7)8)2(6)4(9)10;/h3-4,6-10,12H,5,11H2,1-2H3;4-11,14H,12-13H2,1-3H3;1-2,5-6H,(H,7,8)(H,9,10);1H. The van der Waals surface area contributed by atoms with Crippen LogP contribution in [0, 0.1) is 5.92 Å². The van der Waals surface area contributed by atoms with E-state index in [0.29, 0.717) is 5.92 Å². The van der Waals surface area contributed by atoms with E-state index in [1.54, 1.807) is 0 Å². The number of nitrogens with zero attached hydrogens (tertiary/aromatic N) is 3. The highest BCUT2D eigenvalue weighted by atomic mass is 35.5. The second-order valence-corrected chi connectivity index (χ2v) is 15.6. The van der Waals surface area contributed by atoms with E-state index in [0.717, 1.165) is 31.1 Å². The van der Waals surface area contributed by atoms with Gasteiger partial charge in [0.15, 0.2) is 12.2 Å². The summed E-state index contributed by atoms with van der Waals surface area (Å²) in [5.74, 6) is -2.92. The highest BCUT2D eigenvalue weighted by Gasteiger charge is 2.29. The number of fused-ring (bicyclic) bond motifs is 4. The zero-order chi connectivity index (χ0) is 37.9. The van der Waals surface area contributed by atoms with Gasteiger partial charge in [0.1, 0.15) is 0 Å². The van der Waals surface area contributed by atoms with Crippen LogP contribution in [0.3, 0.4) is 0 Å². The molecule has 2 heterocycles. The topological polar surface area (TPSA) is 125 Å². The van der Waals surface area contributed by atoms with Gasteiger partial charge in [-0.3, -0.25) is 0 Å². The molecular weight excluding hydrogens is 753 g/mol. The smallest absolute Gasteiger partial charge is 0.335 e. The Labute approximate surface area is 331 Å². The van der Waals surface area contributed by atoms with Crippen LogP contribution < -0.4 is 4.90 Å². The quantitative estimate of drug-likeness (QED) is 0.110. The molecule has 0 radical (unpaired) electrons. The Hall–Kier alpha value is -3.52. The molecule has 0 bridgehead atoms. The third-order valence-electron chi connectivity index (χ3n) is 8.06. The Balaban J connectivity index is 0.000000226. The summed E-state index contributed by atoms with van der Waals surface area (Å²) in [6.07, 6.45) is -1.16. The number of para-hydroxylation sites is 2. The fraction of sp³-hybridized carbons (Fsp3) is 0.300. The molecule has 0 saturated carbocycles. The van der Waals surface area contributed by atoms with Crippen molar-refractivity contribution in [2.45, 2.75) is 45.1 Å². The molecule has 4 aromatic carbocycles. The number of rotatable bonds is 10. The van der Waals surface area contributed by atoms with E-state index in [9.17, 15) is 9.59 Å². The number of hydrogen-bond donors (Lipinski definition) is 4. The van der Waals surface area contributed by atoms with E-state index in [1.165, 1.54) is 47.7 Å². The minimum atomic E-state index is -2.27. The van der Waals surface area contributed by atoms with Gasteiger partial charge in [-0.25, -0.2) is 9.59 Å². The Bertz CT molecular complexity index is 1810. The summed E-state index contributed by atoms with van der Waals surface area (Å²) < 4.78 is 0. The molecule has 4 aromatic rings. The second-order valence-electron chi connectivity index (χ2n) is 13.0. The summed E-state index contributed by atoms with van der Waals surface area (Å²) in [4.78, 5) is 31.8. The normalized spacial score (nSPS) is 14.8. The first kappa shape index (κ1) is 43.9. The van der Waals surface area contributed by atoms with Crippen LogP contribution in [0.4, 0.5) is 11.4 Å². The van der Waals surface area contributed by atoms with Crippen LogP contribution in [0.5, 0.6) is 0 Å². The molecule has 0 spiro atoms. The van der Waals surface area contributed by atoms with Gasteiger partial charge in [0.05, 0.1) is 11.4 Å². The molecule has 0 amide bonds. The van der Waals surface area contributed by atoms with Crippen LogP contribution in [0.15, 0.2) is 117 Å². The molecule has 13 heteroatoms. The van der Waals surface area contributed by atoms with Crippen molar-refractivity contribution >= 4 is 76.4 Å². The molecule has 284 valence electrons. The number of hydrogen-bond acceptors (Lipinski definition) is 9. The molecule has 0 aromatic heterocycles. The SMILES string of the molecule is CC(CN(C)C)CN1c2ccccc2Sc2ccccc21.CN(C)CCC=C1c2ccccc2Sc2ccc(Cl)cc21.Cl.O=C(O)C(O)C(O)C(=O)O. The lowest BCUT2D eigenvalue weighted by atomic mass is 9.96. The predicted octanol–water partition coefficient (Wildman–Crippen LogP) is 7.97. The van der Waals surface area contributed by atoms with E-state index in [-0.39, 0.29) is 12.4 Å². The average Bonchev–Trinajstić information content (AvgIpc) is 3.10. The van der Waals surface area contributed by atoms with Gasteiger partial charge in [-0.1, -0.05) is 90.6 Å². The summed E-state index contributed by atoms with van der Waals surface area (Å²) in [6.45, 7) is 5.53. The highest BCUT2D eigenvalue weighted by molar-refractivity contribution is 8.00. The molecule has 9 nitrogen and oxygen atoms in total. The summed E-state index contributed by atoms with van der Waals surface area (Å²) in [5, 5.41) is 33.3. The first-order chi connectivity index (χ1) is 24.8. The molecular formula is C40H47Cl2N3O6S2. The van der Waals surface area contributed by atoms with Gasteiger partial charge < -0.3 is 35.1 Å². The summed E-state index contributed by atoms with van der Waals surface area (Å²) >= 11 is 9.91. The molecule has 0 fully saturated rings. The van der Waals surface area contributed by atoms with E-state index >= 15 is 0 Å². The number of aliphatic hydroxyl groups excluding tert-OH is 2. The van der Waals surface area contributed by atoms with E-state index < -0.39 is 24.1 Å². The predicted molar refractivity (Wildman–Crippen MR) is 219 cm³/mol. The highest BCUT2D eigenvalue weighted by Crippen LogP contribution is 2.48. The molecule has 0 aliphatic carbocycles. The molecule has 4 N–H and O–H groups in total. The first-order valence-electron chi connectivity index (χ1n) is 16.8. The van der Waals surface area contributed by atoms with Gasteiger partial charge in [0.2, 0.25) is 0 Å². The molecule has 3 atom stereocenters. The molecule has 2 aliphatic rings. The van der Waals surface area contributed by atoms with Crippen LogP contribution in [0.1, 0.15) is 24.5 Å². The van der Waals surface area contributed by atoms with E-state index in [1.807, 2.05) is 29.6 Å². The van der Waals surface area contributed by atoms with Gasteiger partial charge in [0, 0.05) is 44.2 Å². The van der Waals surface area contributed by atoms with Crippen LogP contribution in [-0.2, 0) is 9.59 Å². The van der Waals surface area contributed by atoms with E-state index in [4.69, 9.17) is 32.0 Å². The Morgan fingerprint density at radius 3 is 1.75 bits per heavy atom. The zero-order valence-corrected chi connectivity index (χ0v) is 33.6. The number of carboxylic acid groups (broad SMARTS) is 2. The van der Waals surface area contributed by atoms with Crippen molar-refractivity contribution in [1.29, 1.82) is 0 Å². The van der Waals surface area contributed by atoms with Gasteiger partial charge in [0.25, 0.3) is 0 Å². The lowest BCUT2D eigenvalue weighted by Gasteiger charge is -2.35. The fourth-order valence-electron chi connectivity index (χ4n) is 5.77. The second kappa shape index (κ2) is 20.8.